The predicted octanol–water partition coefficient (Wildman–Crippen LogP) is 0.190. The number of carbonyl (C=O) groups is 1. The maximum Gasteiger partial charge on any atom is 0.430 e. The fourth-order valence-electron chi connectivity index (χ4n) is 0. The molecule has 3 N–H and O–H groups in total. The van der Waals surface area contributed by atoms with Gasteiger partial charge < -0.3 is 5.11 Å². The Morgan fingerprint density at radius 2 is 2.17 bits per heavy atom. The van der Waals surface area contributed by atoms with Crippen molar-refractivity contribution in [3.63, 3.8) is 0 Å². The highest BCUT2D eigenvalue weighted by atomic mass is 127. The molecule has 0 aromatic rings. The minimum atomic E-state index is -1.14. The van der Waals surface area contributed by atoms with E-state index >= 15 is 0 Å². The summed E-state index contributed by atoms with van der Waals surface area (Å²) in [7, 11) is 0. The SMILES string of the molecule is NN(I)C(=O)O. The minimum absolute atomic E-state index is 0.553. The van der Waals surface area contributed by atoms with Crippen molar-refractivity contribution >= 4 is 29.0 Å². The standard InChI is InChI=1S/CH3IN2O2/c2-4(3)1(5)6/h3H2,(H,5,6). The Labute approximate surface area is 48.4 Å². The van der Waals surface area contributed by atoms with Crippen LogP contribution in [0.4, 0.5) is 4.79 Å². The Morgan fingerprint density at radius 3 is 2.17 bits per heavy atom. The van der Waals surface area contributed by atoms with Crippen molar-refractivity contribution < 1.29 is 9.90 Å². The van der Waals surface area contributed by atoms with Gasteiger partial charge in [0, 0.05) is 0 Å². The number of nitrogens with two attached hydrogens (primary N) is 1. The maximum absolute atomic E-state index is 9.49. The number of hydrogen-bond donors (Lipinski definition) is 2. The van der Waals surface area contributed by atoms with Crippen LogP contribution in [0.3, 0.4) is 0 Å². The molecule has 36 valence electrons. The van der Waals surface area contributed by atoms with Crippen LogP contribution < -0.4 is 5.84 Å². The molecule has 1 amide bonds. The molecule has 0 fully saturated rings. The lowest BCUT2D eigenvalue weighted by atomic mass is 11.3. The second-order valence-electron chi connectivity index (χ2n) is 0.594. The third-order valence-electron chi connectivity index (χ3n) is 0.183. The number of carboxylic acid groups (broad SMARTS) is 1. The van der Waals surface area contributed by atoms with E-state index in [4.69, 9.17) is 5.11 Å². The smallest absolute Gasteiger partial charge is 0.430 e. The van der Waals surface area contributed by atoms with Crippen molar-refractivity contribution in [1.29, 1.82) is 0 Å². The van der Waals surface area contributed by atoms with Gasteiger partial charge in [0.2, 0.25) is 0 Å². The molecule has 0 heterocycles. The van der Waals surface area contributed by atoms with E-state index in [0.29, 0.717) is 3.22 Å². The van der Waals surface area contributed by atoms with E-state index in [1.165, 1.54) is 22.9 Å². The number of hydrazine groups is 1. The Morgan fingerprint density at radius 1 is 2.00 bits per heavy atom. The van der Waals surface area contributed by atoms with Crippen molar-refractivity contribution in [3.8, 4) is 0 Å². The molecule has 5 heteroatoms. The number of hydrogen-bond acceptors (Lipinski definition) is 2. The average Bonchev–Trinajstić information content (AvgIpc) is 1.36. The van der Waals surface area contributed by atoms with E-state index in [-0.39, 0.29) is 0 Å². The van der Waals surface area contributed by atoms with Gasteiger partial charge in [-0.2, -0.15) is 3.22 Å². The molecule has 0 saturated carbocycles. The van der Waals surface area contributed by atoms with E-state index in [0.717, 1.165) is 0 Å². The Bertz CT molecular complexity index is 62.6. The molecule has 0 aliphatic carbocycles. The van der Waals surface area contributed by atoms with Crippen molar-refractivity contribution in [1.82, 2.24) is 3.22 Å². The zero-order valence-electron chi connectivity index (χ0n) is 2.76. The summed E-state index contributed by atoms with van der Waals surface area (Å²) in [5, 5.41) is 7.78. The molecular formula is CH3IN2O2. The first kappa shape index (κ1) is 5.96. The molecule has 0 bridgehead atoms. The topological polar surface area (TPSA) is 66.6 Å². The summed E-state index contributed by atoms with van der Waals surface area (Å²) in [6, 6.07) is 0. The third kappa shape index (κ3) is 2.21. The molecule has 0 rings (SSSR count). The highest BCUT2D eigenvalue weighted by Gasteiger charge is 1.95. The summed E-state index contributed by atoms with van der Waals surface area (Å²) >= 11 is 1.44. The van der Waals surface area contributed by atoms with Crippen LogP contribution in [-0.4, -0.2) is 14.4 Å². The van der Waals surface area contributed by atoms with E-state index in [1.54, 1.807) is 0 Å². The molecule has 0 aliphatic heterocycles. The minimum Gasteiger partial charge on any atom is -0.463 e. The molecule has 0 unspecified atom stereocenters. The lowest BCUT2D eigenvalue weighted by Gasteiger charge is -1.95. The Kier molecular flexibility index (Phi) is 2.18. The number of nitrogens with zero attached hydrogens (tertiary/aromatic N) is 1. The highest BCUT2D eigenvalue weighted by molar-refractivity contribution is 14.1. The fraction of sp³-hybridized carbons (Fsp3) is 0. The second kappa shape index (κ2) is 2.19. The van der Waals surface area contributed by atoms with Gasteiger partial charge in [0.25, 0.3) is 0 Å². The zero-order valence-corrected chi connectivity index (χ0v) is 4.92. The van der Waals surface area contributed by atoms with Crippen LogP contribution in [0.5, 0.6) is 0 Å². The molecule has 0 spiro atoms. The molecule has 0 radical (unpaired) electrons. The van der Waals surface area contributed by atoms with E-state index in [1.807, 2.05) is 0 Å². The summed E-state index contributed by atoms with van der Waals surface area (Å²) in [4.78, 5) is 9.49. The molecule has 0 saturated heterocycles. The average molecular weight is 202 g/mol. The number of amides is 1. The van der Waals surface area contributed by atoms with Crippen molar-refractivity contribution in [2.75, 3.05) is 0 Å². The summed E-state index contributed by atoms with van der Waals surface area (Å²) in [5.74, 6) is 4.66. The van der Waals surface area contributed by atoms with Crippen LogP contribution in [0.15, 0.2) is 0 Å². The normalized spacial score (nSPS) is 7.67. The maximum atomic E-state index is 9.49. The molecule has 6 heavy (non-hydrogen) atoms. The second-order valence-corrected chi connectivity index (χ2v) is 1.63. The summed E-state index contributed by atoms with van der Waals surface area (Å²) < 4.78 is 0.553. The lowest BCUT2D eigenvalue weighted by Crippen LogP contribution is -2.24. The van der Waals surface area contributed by atoms with E-state index in [9.17, 15) is 4.79 Å². The van der Waals surface area contributed by atoms with Gasteiger partial charge in [-0.1, -0.05) is 0 Å². The van der Waals surface area contributed by atoms with Crippen LogP contribution in [0, 0.1) is 0 Å². The summed E-state index contributed by atoms with van der Waals surface area (Å²) in [5.41, 5.74) is 0. The first-order valence-corrected chi connectivity index (χ1v) is 2.04. The van der Waals surface area contributed by atoms with Crippen molar-refractivity contribution in [3.05, 3.63) is 0 Å². The van der Waals surface area contributed by atoms with Crippen LogP contribution in [0.2, 0.25) is 0 Å². The largest absolute Gasteiger partial charge is 0.463 e. The molecule has 0 aromatic heterocycles. The lowest BCUT2D eigenvalue weighted by molar-refractivity contribution is 0.180. The number of halogens is 1. The zero-order chi connectivity index (χ0) is 5.15. The van der Waals surface area contributed by atoms with Gasteiger partial charge in [0.1, 0.15) is 0 Å². The fourth-order valence-corrected chi connectivity index (χ4v) is 0. The van der Waals surface area contributed by atoms with Crippen LogP contribution in [0.25, 0.3) is 0 Å². The molecule has 0 aromatic carbocycles. The monoisotopic (exact) mass is 202 g/mol. The van der Waals surface area contributed by atoms with Gasteiger partial charge in [0.05, 0.1) is 22.9 Å². The van der Waals surface area contributed by atoms with Crippen LogP contribution in [-0.2, 0) is 0 Å². The summed E-state index contributed by atoms with van der Waals surface area (Å²) in [6.07, 6.45) is -1.14. The van der Waals surface area contributed by atoms with Crippen LogP contribution >= 0.6 is 22.9 Å². The van der Waals surface area contributed by atoms with Gasteiger partial charge >= 0.3 is 6.09 Å². The van der Waals surface area contributed by atoms with Crippen molar-refractivity contribution in [2.45, 2.75) is 0 Å². The van der Waals surface area contributed by atoms with E-state index < -0.39 is 6.09 Å². The van der Waals surface area contributed by atoms with Gasteiger partial charge in [-0.05, 0) is 0 Å². The van der Waals surface area contributed by atoms with Crippen LogP contribution in [0.1, 0.15) is 0 Å². The third-order valence-corrected chi connectivity index (χ3v) is 0.595. The van der Waals surface area contributed by atoms with Crippen molar-refractivity contribution in [2.24, 2.45) is 5.84 Å². The highest BCUT2D eigenvalue weighted by Crippen LogP contribution is 1.85. The predicted molar refractivity (Wildman–Crippen MR) is 28.1 cm³/mol. The molecule has 4 nitrogen and oxygen atoms in total. The first-order valence-electron chi connectivity index (χ1n) is 1.08. The molecule has 0 aliphatic rings. The van der Waals surface area contributed by atoms with Gasteiger partial charge in [-0.3, -0.25) is 0 Å². The quantitative estimate of drug-likeness (QED) is 0.194. The Balaban J connectivity index is 3.26. The van der Waals surface area contributed by atoms with E-state index in [2.05, 4.69) is 5.84 Å². The van der Waals surface area contributed by atoms with Gasteiger partial charge in [-0.15, -0.1) is 0 Å². The van der Waals surface area contributed by atoms with Gasteiger partial charge in [-0.25, -0.2) is 10.6 Å². The Hall–Kier alpha value is -0.0400. The first-order chi connectivity index (χ1) is 2.64. The number of rotatable bonds is 0. The molecule has 0 atom stereocenters. The molecular weight excluding hydrogens is 199 g/mol. The summed E-state index contributed by atoms with van der Waals surface area (Å²) in [6.45, 7) is 0. The van der Waals surface area contributed by atoms with Gasteiger partial charge in [0.15, 0.2) is 0 Å².